The Morgan fingerprint density at radius 3 is 2.41 bits per heavy atom. The van der Waals surface area contributed by atoms with Gasteiger partial charge in [0, 0.05) is 12.6 Å². The third kappa shape index (κ3) is 5.88. The number of fused-ring (bicyclic) bond motifs is 1. The van der Waals surface area contributed by atoms with E-state index in [1.54, 1.807) is 10.6 Å². The summed E-state index contributed by atoms with van der Waals surface area (Å²) in [6.07, 6.45) is 7.21. The second kappa shape index (κ2) is 12.3. The summed E-state index contributed by atoms with van der Waals surface area (Å²) in [7, 11) is 0. The van der Waals surface area contributed by atoms with E-state index in [1.807, 2.05) is 96.8 Å². The molecule has 5 nitrogen and oxygen atoms in total. The van der Waals surface area contributed by atoms with Crippen molar-refractivity contribution in [1.82, 2.24) is 14.5 Å². The molecule has 1 unspecified atom stereocenters. The molecule has 37 heavy (non-hydrogen) atoms. The van der Waals surface area contributed by atoms with Crippen LogP contribution in [0.3, 0.4) is 0 Å². The van der Waals surface area contributed by atoms with Crippen molar-refractivity contribution < 1.29 is 4.79 Å². The van der Waals surface area contributed by atoms with Crippen LogP contribution in [-0.4, -0.2) is 26.9 Å². The summed E-state index contributed by atoms with van der Waals surface area (Å²) in [6, 6.07) is 24.8. The van der Waals surface area contributed by atoms with Crippen LogP contribution in [-0.2, 0) is 11.2 Å². The predicted molar refractivity (Wildman–Crippen MR) is 152 cm³/mol. The van der Waals surface area contributed by atoms with Gasteiger partial charge in [-0.1, -0.05) is 87.4 Å². The highest BCUT2D eigenvalue weighted by molar-refractivity contribution is 5.92. The molecule has 0 aliphatic carbocycles. The zero-order chi connectivity index (χ0) is 26.2. The fourth-order valence-corrected chi connectivity index (χ4v) is 4.68. The van der Waals surface area contributed by atoms with E-state index in [0.717, 1.165) is 42.5 Å². The zero-order valence-corrected chi connectivity index (χ0v) is 21.9. The molecule has 0 N–H and O–H groups in total. The maximum atomic E-state index is 13.9. The van der Waals surface area contributed by atoms with Gasteiger partial charge >= 0.3 is 0 Å². The molecule has 0 saturated heterocycles. The van der Waals surface area contributed by atoms with E-state index in [9.17, 15) is 9.59 Å². The number of nitrogens with zero attached hydrogens (tertiary/aromatic N) is 3. The Hall–Kier alpha value is -3.99. The molecule has 0 spiro atoms. The molecule has 0 fully saturated rings. The smallest absolute Gasteiger partial charge is 0.266 e. The van der Waals surface area contributed by atoms with Crippen molar-refractivity contribution >= 4 is 22.9 Å². The van der Waals surface area contributed by atoms with Crippen LogP contribution in [0, 0.1) is 0 Å². The van der Waals surface area contributed by atoms with Crippen molar-refractivity contribution in [3.05, 3.63) is 112 Å². The molecule has 1 heterocycles. The van der Waals surface area contributed by atoms with Crippen molar-refractivity contribution in [2.45, 2.75) is 52.5 Å². The molecule has 4 aromatic rings. The van der Waals surface area contributed by atoms with Crippen molar-refractivity contribution in [2.75, 3.05) is 6.54 Å². The fraction of sp³-hybridized carbons (Fsp3) is 0.281. The molecular weight excluding hydrogens is 458 g/mol. The van der Waals surface area contributed by atoms with Crippen molar-refractivity contribution in [1.29, 1.82) is 0 Å². The van der Waals surface area contributed by atoms with Gasteiger partial charge in [-0.15, -0.1) is 0 Å². The number of benzene rings is 3. The summed E-state index contributed by atoms with van der Waals surface area (Å²) < 4.78 is 1.72. The third-order valence-corrected chi connectivity index (χ3v) is 6.76. The maximum absolute atomic E-state index is 13.9. The van der Waals surface area contributed by atoms with Gasteiger partial charge in [-0.05, 0) is 55.2 Å². The van der Waals surface area contributed by atoms with Crippen LogP contribution in [0.25, 0.3) is 22.7 Å². The number of hydrogen-bond acceptors (Lipinski definition) is 3. The molecule has 1 aromatic heterocycles. The van der Waals surface area contributed by atoms with Gasteiger partial charge in [-0.25, -0.2) is 4.98 Å². The van der Waals surface area contributed by atoms with E-state index in [2.05, 4.69) is 13.8 Å². The Balaban J connectivity index is 1.84. The molecule has 4 rings (SSSR count). The average Bonchev–Trinajstić information content (AvgIpc) is 2.94. The maximum Gasteiger partial charge on any atom is 0.266 e. The van der Waals surface area contributed by atoms with Gasteiger partial charge in [0.1, 0.15) is 5.82 Å². The van der Waals surface area contributed by atoms with Crippen molar-refractivity contribution in [2.24, 2.45) is 0 Å². The van der Waals surface area contributed by atoms with Gasteiger partial charge < -0.3 is 4.90 Å². The minimum atomic E-state index is -0.410. The lowest BCUT2D eigenvalue weighted by molar-refractivity contribution is -0.128. The van der Waals surface area contributed by atoms with Gasteiger partial charge in [0.25, 0.3) is 5.56 Å². The largest absolute Gasteiger partial charge is 0.329 e. The molecule has 0 aliphatic heterocycles. The predicted octanol–water partition coefficient (Wildman–Crippen LogP) is 6.74. The first-order valence-corrected chi connectivity index (χ1v) is 13.2. The number of aromatic nitrogens is 2. The van der Waals surface area contributed by atoms with Crippen molar-refractivity contribution in [3.8, 4) is 5.69 Å². The molecule has 1 amide bonds. The average molecular weight is 494 g/mol. The second-order valence-corrected chi connectivity index (χ2v) is 9.27. The number of para-hydroxylation sites is 2. The number of carbonyl (C=O) groups excluding carboxylic acids is 1. The van der Waals surface area contributed by atoms with E-state index in [1.165, 1.54) is 0 Å². The molecular formula is C32H35N3O2. The Kier molecular flexibility index (Phi) is 8.68. The molecule has 0 radical (unpaired) electrons. The Morgan fingerprint density at radius 1 is 0.946 bits per heavy atom. The van der Waals surface area contributed by atoms with E-state index in [-0.39, 0.29) is 11.5 Å². The lowest BCUT2D eigenvalue weighted by Crippen LogP contribution is -2.37. The highest BCUT2D eigenvalue weighted by Crippen LogP contribution is 2.25. The molecule has 0 saturated carbocycles. The summed E-state index contributed by atoms with van der Waals surface area (Å²) in [6.45, 7) is 6.79. The van der Waals surface area contributed by atoms with Crippen molar-refractivity contribution in [3.63, 3.8) is 0 Å². The Bertz CT molecular complexity index is 1440. The molecule has 190 valence electrons. The van der Waals surface area contributed by atoms with Crippen LogP contribution in [0.15, 0.2) is 89.7 Å². The number of amides is 1. The number of rotatable bonds is 10. The first-order valence-electron chi connectivity index (χ1n) is 13.2. The highest BCUT2D eigenvalue weighted by atomic mass is 16.2. The molecule has 3 aromatic carbocycles. The van der Waals surface area contributed by atoms with Crippen LogP contribution in [0.2, 0.25) is 0 Å². The minimum Gasteiger partial charge on any atom is -0.329 e. The minimum absolute atomic E-state index is 0.0924. The first kappa shape index (κ1) is 26.1. The van der Waals surface area contributed by atoms with E-state index in [4.69, 9.17) is 4.98 Å². The summed E-state index contributed by atoms with van der Waals surface area (Å²) >= 11 is 0. The Morgan fingerprint density at radius 2 is 1.65 bits per heavy atom. The number of hydrogen-bond donors (Lipinski definition) is 0. The summed E-state index contributed by atoms with van der Waals surface area (Å²) in [5.74, 6) is 0.479. The lowest BCUT2D eigenvalue weighted by atomic mass is 10.1. The molecule has 0 aliphatic rings. The van der Waals surface area contributed by atoms with E-state index in [0.29, 0.717) is 23.3 Å². The summed E-state index contributed by atoms with van der Waals surface area (Å²) in [5, 5.41) is 0.567. The summed E-state index contributed by atoms with van der Waals surface area (Å²) in [4.78, 5) is 34.3. The lowest BCUT2D eigenvalue weighted by Gasteiger charge is -2.30. The zero-order valence-electron chi connectivity index (χ0n) is 21.9. The molecule has 5 heteroatoms. The molecule has 1 atom stereocenters. The first-order chi connectivity index (χ1) is 18.0. The third-order valence-electron chi connectivity index (χ3n) is 6.76. The SMILES string of the molecule is CCCCCN(C(=O)C=Cc1ccccc1)C(C)c1nc2ccccc2c(=O)n1-c1ccccc1CC. The normalized spacial score (nSPS) is 12.2. The quantitative estimate of drug-likeness (QED) is 0.182. The van der Waals surface area contributed by atoms with Crippen LogP contribution >= 0.6 is 0 Å². The van der Waals surface area contributed by atoms with Crippen LogP contribution in [0.4, 0.5) is 0 Å². The van der Waals surface area contributed by atoms with Crippen LogP contribution < -0.4 is 5.56 Å². The van der Waals surface area contributed by atoms with E-state index < -0.39 is 6.04 Å². The van der Waals surface area contributed by atoms with Gasteiger partial charge in [-0.2, -0.15) is 0 Å². The summed E-state index contributed by atoms with van der Waals surface area (Å²) in [5.41, 5.74) is 3.36. The molecule has 0 bridgehead atoms. The van der Waals surface area contributed by atoms with Gasteiger partial charge in [0.15, 0.2) is 0 Å². The number of aryl methyl sites for hydroxylation is 1. The highest BCUT2D eigenvalue weighted by Gasteiger charge is 2.26. The number of unbranched alkanes of at least 4 members (excludes halogenated alkanes) is 2. The fourth-order valence-electron chi connectivity index (χ4n) is 4.68. The Labute approximate surface area is 219 Å². The topological polar surface area (TPSA) is 55.2 Å². The second-order valence-electron chi connectivity index (χ2n) is 9.27. The monoisotopic (exact) mass is 493 g/mol. The van der Waals surface area contributed by atoms with E-state index >= 15 is 0 Å². The van der Waals surface area contributed by atoms with Gasteiger partial charge in [0.05, 0.1) is 22.6 Å². The van der Waals surface area contributed by atoms with Crippen LogP contribution in [0.1, 0.15) is 63.0 Å². The number of carbonyl (C=O) groups is 1. The van der Waals surface area contributed by atoms with Crippen LogP contribution in [0.5, 0.6) is 0 Å². The van der Waals surface area contributed by atoms with Gasteiger partial charge in [-0.3, -0.25) is 14.2 Å². The van der Waals surface area contributed by atoms with Gasteiger partial charge in [0.2, 0.25) is 5.91 Å². The standard InChI is InChI=1S/C32H35N3O2/c1-4-6-14-23-34(30(36)22-21-25-15-8-7-9-16-25)24(3)31-33-28-19-12-11-18-27(28)32(37)35(31)29-20-13-10-17-26(29)5-2/h7-13,15-22,24H,4-6,14,23H2,1-3H3.